The lowest BCUT2D eigenvalue weighted by molar-refractivity contribution is 0.0825. The molecule has 0 radical (unpaired) electrons. The Morgan fingerprint density at radius 1 is 1.17 bits per heavy atom. The third-order valence-corrected chi connectivity index (χ3v) is 5.25. The first-order valence-corrected chi connectivity index (χ1v) is 9.83. The Labute approximate surface area is 174 Å². The molecule has 0 bridgehead atoms. The molecule has 0 unspecified atom stereocenters. The van der Waals surface area contributed by atoms with Gasteiger partial charge in [-0.25, -0.2) is 0 Å². The predicted molar refractivity (Wildman–Crippen MR) is 113 cm³/mol. The van der Waals surface area contributed by atoms with Gasteiger partial charge in [0.15, 0.2) is 5.78 Å². The Kier molecular flexibility index (Phi) is 5.48. The summed E-state index contributed by atoms with van der Waals surface area (Å²) in [6.45, 7) is 2.67. The fraction of sp³-hybridized carbons (Fsp3) is 0.208. The van der Waals surface area contributed by atoms with E-state index in [-0.39, 0.29) is 11.7 Å². The number of nitrogens with zero attached hydrogens (tertiary/aromatic N) is 1. The van der Waals surface area contributed by atoms with Crippen molar-refractivity contribution in [1.29, 1.82) is 0 Å². The van der Waals surface area contributed by atoms with E-state index >= 15 is 0 Å². The largest absolute Gasteiger partial charge is 0.492 e. The number of Topliss-reactive ketones (excluding diaryl/α,β-unsaturated/α-hetero) is 1. The molecule has 6 heteroatoms. The highest BCUT2D eigenvalue weighted by molar-refractivity contribution is 6.03. The van der Waals surface area contributed by atoms with Crippen LogP contribution in [0.5, 0.6) is 11.5 Å². The minimum atomic E-state index is -0.514. The number of pyridine rings is 1. The maximum atomic E-state index is 12.9. The first-order chi connectivity index (χ1) is 14.6. The summed E-state index contributed by atoms with van der Waals surface area (Å²) in [5.41, 5.74) is 8.78. The van der Waals surface area contributed by atoms with Gasteiger partial charge in [0, 0.05) is 29.6 Å². The zero-order valence-electron chi connectivity index (χ0n) is 16.6. The topological polar surface area (TPSA) is 91.5 Å². The number of hydrogen-bond acceptors (Lipinski definition) is 5. The van der Waals surface area contributed by atoms with E-state index in [1.54, 1.807) is 42.7 Å². The summed E-state index contributed by atoms with van der Waals surface area (Å²) < 4.78 is 12.0. The number of hydrogen-bond donors (Lipinski definition) is 1. The van der Waals surface area contributed by atoms with Crippen LogP contribution in [0.15, 0.2) is 60.9 Å². The standard InChI is InChI=1S/C24H22N2O4/c1-2-16-14-30-22-12-21(29-13-15-6-8-26-9-7-15)19(11-20(22)23(16)27)17-4-3-5-18(10-17)24(25)28/h3-12,16H,2,13-14H2,1H3,(H2,25,28)/t16-/m1/s1. The number of primary amides is 1. The van der Waals surface area contributed by atoms with E-state index < -0.39 is 5.91 Å². The second-order valence-electron chi connectivity index (χ2n) is 7.21. The van der Waals surface area contributed by atoms with Gasteiger partial charge >= 0.3 is 0 Å². The van der Waals surface area contributed by atoms with Crippen LogP contribution in [-0.2, 0) is 6.61 Å². The molecule has 1 aromatic heterocycles. The maximum Gasteiger partial charge on any atom is 0.248 e. The molecule has 6 nitrogen and oxygen atoms in total. The zero-order valence-corrected chi connectivity index (χ0v) is 16.6. The molecule has 3 aromatic rings. The number of aromatic nitrogens is 1. The van der Waals surface area contributed by atoms with Crippen molar-refractivity contribution < 1.29 is 19.1 Å². The van der Waals surface area contributed by atoms with E-state index in [4.69, 9.17) is 15.2 Å². The van der Waals surface area contributed by atoms with Crippen LogP contribution in [0.1, 0.15) is 39.6 Å². The SMILES string of the molecule is CC[C@@H]1COc2cc(OCc3ccncc3)c(-c3cccc(C(N)=O)c3)cc2C1=O. The molecule has 2 aromatic carbocycles. The van der Waals surface area contributed by atoms with E-state index in [1.807, 2.05) is 25.1 Å². The van der Waals surface area contributed by atoms with Crippen molar-refractivity contribution in [3.05, 3.63) is 77.6 Å². The Balaban J connectivity index is 1.78. The highest BCUT2D eigenvalue weighted by Crippen LogP contribution is 2.40. The number of benzene rings is 2. The minimum absolute atomic E-state index is 0.0618. The Hall–Kier alpha value is -3.67. The molecule has 2 N–H and O–H groups in total. The molecule has 1 amide bonds. The molecule has 152 valence electrons. The van der Waals surface area contributed by atoms with Crippen molar-refractivity contribution in [1.82, 2.24) is 4.98 Å². The van der Waals surface area contributed by atoms with Crippen molar-refractivity contribution in [2.45, 2.75) is 20.0 Å². The molecule has 0 fully saturated rings. The van der Waals surface area contributed by atoms with Gasteiger partial charge in [0.2, 0.25) is 5.91 Å². The van der Waals surface area contributed by atoms with Crippen molar-refractivity contribution in [3.63, 3.8) is 0 Å². The van der Waals surface area contributed by atoms with E-state index in [0.717, 1.165) is 11.1 Å². The Morgan fingerprint density at radius 3 is 2.70 bits per heavy atom. The molecule has 1 aliphatic rings. The highest BCUT2D eigenvalue weighted by Gasteiger charge is 2.29. The average Bonchev–Trinajstić information content (AvgIpc) is 2.78. The van der Waals surface area contributed by atoms with Crippen LogP contribution in [0, 0.1) is 5.92 Å². The van der Waals surface area contributed by atoms with Gasteiger partial charge in [0.25, 0.3) is 0 Å². The number of carbonyl (C=O) groups excluding carboxylic acids is 2. The van der Waals surface area contributed by atoms with Crippen LogP contribution in [0.25, 0.3) is 11.1 Å². The third kappa shape index (κ3) is 3.89. The number of carbonyl (C=O) groups is 2. The van der Waals surface area contributed by atoms with Gasteiger partial charge in [-0.15, -0.1) is 0 Å². The van der Waals surface area contributed by atoms with Crippen LogP contribution in [0.4, 0.5) is 0 Å². The second-order valence-corrected chi connectivity index (χ2v) is 7.21. The number of nitrogens with two attached hydrogens (primary N) is 1. The molecule has 30 heavy (non-hydrogen) atoms. The van der Waals surface area contributed by atoms with Crippen LogP contribution in [-0.4, -0.2) is 23.3 Å². The van der Waals surface area contributed by atoms with Gasteiger partial charge in [-0.05, 0) is 47.9 Å². The van der Waals surface area contributed by atoms with Gasteiger partial charge in [0.1, 0.15) is 18.1 Å². The zero-order chi connectivity index (χ0) is 21.1. The summed E-state index contributed by atoms with van der Waals surface area (Å²) in [6.07, 6.45) is 4.12. The summed E-state index contributed by atoms with van der Waals surface area (Å²) in [5.74, 6) is 0.469. The summed E-state index contributed by atoms with van der Waals surface area (Å²) in [5, 5.41) is 0. The summed E-state index contributed by atoms with van der Waals surface area (Å²) >= 11 is 0. The first kappa shape index (κ1) is 19.6. The molecule has 4 rings (SSSR count). The van der Waals surface area contributed by atoms with Gasteiger partial charge in [-0.1, -0.05) is 19.1 Å². The molecule has 1 aliphatic heterocycles. The fourth-order valence-corrected chi connectivity index (χ4v) is 3.49. The lowest BCUT2D eigenvalue weighted by atomic mass is 9.90. The number of ether oxygens (including phenoxy) is 2. The van der Waals surface area contributed by atoms with Crippen LogP contribution in [0.3, 0.4) is 0 Å². The molecule has 2 heterocycles. The Morgan fingerprint density at radius 2 is 1.97 bits per heavy atom. The smallest absolute Gasteiger partial charge is 0.248 e. The van der Waals surface area contributed by atoms with Gasteiger partial charge in [-0.2, -0.15) is 0 Å². The summed E-state index contributed by atoms with van der Waals surface area (Å²) in [4.78, 5) is 28.6. The summed E-state index contributed by atoms with van der Waals surface area (Å²) in [7, 11) is 0. The molecular weight excluding hydrogens is 380 g/mol. The van der Waals surface area contributed by atoms with Gasteiger partial charge < -0.3 is 15.2 Å². The van der Waals surface area contributed by atoms with E-state index in [9.17, 15) is 9.59 Å². The predicted octanol–water partition coefficient (Wildman–Crippen LogP) is 4.03. The average molecular weight is 402 g/mol. The fourth-order valence-electron chi connectivity index (χ4n) is 3.49. The second kappa shape index (κ2) is 8.37. The van der Waals surface area contributed by atoms with Gasteiger partial charge in [0.05, 0.1) is 18.1 Å². The quantitative estimate of drug-likeness (QED) is 0.672. The molecular formula is C24H22N2O4. The maximum absolute atomic E-state index is 12.9. The molecule has 0 saturated carbocycles. The van der Waals surface area contributed by atoms with Crippen LogP contribution in [0.2, 0.25) is 0 Å². The molecule has 0 aliphatic carbocycles. The molecule has 0 spiro atoms. The molecule has 0 saturated heterocycles. The number of amides is 1. The number of rotatable bonds is 6. The van der Waals surface area contributed by atoms with Crippen molar-refractivity contribution in [2.75, 3.05) is 6.61 Å². The van der Waals surface area contributed by atoms with E-state index in [2.05, 4.69) is 4.98 Å². The van der Waals surface area contributed by atoms with Crippen molar-refractivity contribution >= 4 is 11.7 Å². The Bertz CT molecular complexity index is 1100. The van der Waals surface area contributed by atoms with Crippen molar-refractivity contribution in [3.8, 4) is 22.6 Å². The monoisotopic (exact) mass is 402 g/mol. The number of fused-ring (bicyclic) bond motifs is 1. The van der Waals surface area contributed by atoms with Crippen LogP contribution >= 0.6 is 0 Å². The first-order valence-electron chi connectivity index (χ1n) is 9.83. The van der Waals surface area contributed by atoms with E-state index in [1.165, 1.54) is 0 Å². The van der Waals surface area contributed by atoms with Crippen LogP contribution < -0.4 is 15.2 Å². The lowest BCUT2D eigenvalue weighted by Gasteiger charge is -2.25. The third-order valence-electron chi connectivity index (χ3n) is 5.25. The highest BCUT2D eigenvalue weighted by atomic mass is 16.5. The summed E-state index contributed by atoms with van der Waals surface area (Å²) in [6, 6.07) is 14.3. The minimum Gasteiger partial charge on any atom is -0.492 e. The van der Waals surface area contributed by atoms with Crippen molar-refractivity contribution in [2.24, 2.45) is 11.7 Å². The normalized spacial score (nSPS) is 15.2. The molecule has 1 atom stereocenters. The van der Waals surface area contributed by atoms with E-state index in [0.29, 0.717) is 47.8 Å². The number of ketones is 1. The lowest BCUT2D eigenvalue weighted by Crippen LogP contribution is -2.27. The van der Waals surface area contributed by atoms with Gasteiger partial charge in [-0.3, -0.25) is 14.6 Å².